The van der Waals surface area contributed by atoms with Gasteiger partial charge in [0.05, 0.1) is 12.6 Å². The van der Waals surface area contributed by atoms with Crippen LogP contribution in [0.2, 0.25) is 0 Å². The highest BCUT2D eigenvalue weighted by atomic mass is 16.5. The van der Waals surface area contributed by atoms with E-state index < -0.39 is 0 Å². The minimum absolute atomic E-state index is 0.0973. The van der Waals surface area contributed by atoms with Crippen LogP contribution in [0.4, 0.5) is 0 Å². The summed E-state index contributed by atoms with van der Waals surface area (Å²) in [5.41, 5.74) is 3.39. The third-order valence-corrected chi connectivity index (χ3v) is 6.11. The Morgan fingerprint density at radius 2 is 1.91 bits per heavy atom. The molecule has 1 amide bonds. The Morgan fingerprint density at radius 1 is 1.06 bits per heavy atom. The van der Waals surface area contributed by atoms with Crippen LogP contribution in [0.25, 0.3) is 11.3 Å². The highest BCUT2D eigenvalue weighted by Crippen LogP contribution is 2.44. The summed E-state index contributed by atoms with van der Waals surface area (Å²) < 4.78 is 11.5. The molecule has 1 atom stereocenters. The molecule has 0 saturated heterocycles. The molecule has 0 saturated carbocycles. The normalized spacial score (nSPS) is 15.1. The first-order chi connectivity index (χ1) is 16.7. The molecular formula is C27H33N3O4. The van der Waals surface area contributed by atoms with Crippen LogP contribution in [0, 0.1) is 0 Å². The molecule has 4 rings (SSSR count). The first-order valence-electron chi connectivity index (χ1n) is 12.1. The third-order valence-electron chi connectivity index (χ3n) is 6.11. The molecule has 34 heavy (non-hydrogen) atoms. The minimum atomic E-state index is -0.336. The SMILES string of the molecule is CCCCCOc1cccc(C2c3c(-c4ccccc4O)n[nH]c3C(=O)N2CCCOCC)c1. The number of fused-ring (bicyclic) bond motifs is 1. The van der Waals surface area contributed by atoms with Crippen molar-refractivity contribution in [2.45, 2.75) is 45.6 Å². The van der Waals surface area contributed by atoms with Gasteiger partial charge in [-0.15, -0.1) is 0 Å². The maximum atomic E-state index is 13.4. The zero-order valence-corrected chi connectivity index (χ0v) is 19.9. The predicted octanol–water partition coefficient (Wildman–Crippen LogP) is 5.32. The molecule has 180 valence electrons. The number of H-pyrrole nitrogens is 1. The molecule has 0 aliphatic carbocycles. The van der Waals surface area contributed by atoms with Gasteiger partial charge in [-0.3, -0.25) is 9.89 Å². The van der Waals surface area contributed by atoms with Crippen molar-refractivity contribution in [1.29, 1.82) is 0 Å². The van der Waals surface area contributed by atoms with Crippen LogP contribution in [0.3, 0.4) is 0 Å². The molecule has 7 nitrogen and oxygen atoms in total. The molecule has 0 bridgehead atoms. The molecule has 3 aromatic rings. The molecule has 2 N–H and O–H groups in total. The van der Waals surface area contributed by atoms with E-state index in [1.807, 2.05) is 48.2 Å². The molecule has 0 spiro atoms. The maximum absolute atomic E-state index is 13.4. The van der Waals surface area contributed by atoms with Crippen LogP contribution in [0.15, 0.2) is 48.5 Å². The number of unbranched alkanes of at least 4 members (excludes halogenated alkanes) is 2. The Labute approximate surface area is 200 Å². The second kappa shape index (κ2) is 11.2. The molecular weight excluding hydrogens is 430 g/mol. The number of nitrogens with zero attached hydrogens (tertiary/aromatic N) is 2. The fourth-order valence-electron chi connectivity index (χ4n) is 4.45. The van der Waals surface area contributed by atoms with Crippen molar-refractivity contribution < 1.29 is 19.4 Å². The van der Waals surface area contributed by atoms with Crippen LogP contribution in [-0.2, 0) is 4.74 Å². The highest BCUT2D eigenvalue weighted by Gasteiger charge is 2.42. The Balaban J connectivity index is 1.70. The smallest absolute Gasteiger partial charge is 0.273 e. The maximum Gasteiger partial charge on any atom is 0.273 e. The quantitative estimate of drug-likeness (QED) is 0.355. The van der Waals surface area contributed by atoms with Gasteiger partial charge in [0.1, 0.15) is 22.9 Å². The molecule has 1 aromatic heterocycles. The van der Waals surface area contributed by atoms with Gasteiger partial charge in [-0.2, -0.15) is 5.10 Å². The summed E-state index contributed by atoms with van der Waals surface area (Å²) in [5, 5.41) is 17.9. The molecule has 1 unspecified atom stereocenters. The molecule has 0 fully saturated rings. The average molecular weight is 464 g/mol. The summed E-state index contributed by atoms with van der Waals surface area (Å²) in [6.07, 6.45) is 4.01. The van der Waals surface area contributed by atoms with Gasteiger partial charge in [-0.25, -0.2) is 0 Å². The van der Waals surface area contributed by atoms with Crippen LogP contribution in [0.1, 0.15) is 67.2 Å². The number of hydrogen-bond donors (Lipinski definition) is 2. The number of aromatic hydroxyl groups is 1. The monoisotopic (exact) mass is 463 g/mol. The lowest BCUT2D eigenvalue weighted by Gasteiger charge is -2.27. The second-order valence-corrected chi connectivity index (χ2v) is 8.46. The Bertz CT molecular complexity index is 1110. The first kappa shape index (κ1) is 23.8. The molecule has 1 aliphatic rings. The number of nitrogens with one attached hydrogen (secondary N) is 1. The molecule has 1 aliphatic heterocycles. The predicted molar refractivity (Wildman–Crippen MR) is 131 cm³/mol. The number of hydrogen-bond acceptors (Lipinski definition) is 5. The average Bonchev–Trinajstić information content (AvgIpc) is 3.39. The third kappa shape index (κ3) is 4.94. The largest absolute Gasteiger partial charge is 0.507 e. The Morgan fingerprint density at radius 3 is 2.71 bits per heavy atom. The van der Waals surface area contributed by atoms with Crippen molar-refractivity contribution in [2.24, 2.45) is 0 Å². The van der Waals surface area contributed by atoms with E-state index in [1.54, 1.807) is 12.1 Å². The van der Waals surface area contributed by atoms with E-state index in [-0.39, 0.29) is 17.7 Å². The van der Waals surface area contributed by atoms with Gasteiger partial charge < -0.3 is 19.5 Å². The van der Waals surface area contributed by atoms with E-state index in [1.165, 1.54) is 0 Å². The van der Waals surface area contributed by atoms with Crippen molar-refractivity contribution >= 4 is 5.91 Å². The number of aromatic amines is 1. The fourth-order valence-corrected chi connectivity index (χ4v) is 4.45. The number of para-hydroxylation sites is 1. The van der Waals surface area contributed by atoms with Crippen molar-refractivity contribution in [3.05, 3.63) is 65.4 Å². The van der Waals surface area contributed by atoms with E-state index in [2.05, 4.69) is 17.1 Å². The molecule has 2 heterocycles. The lowest BCUT2D eigenvalue weighted by atomic mass is 9.95. The summed E-state index contributed by atoms with van der Waals surface area (Å²) in [6, 6.07) is 14.7. The summed E-state index contributed by atoms with van der Waals surface area (Å²) in [4.78, 5) is 15.3. The number of ether oxygens (including phenoxy) is 2. The molecule has 2 aromatic carbocycles. The minimum Gasteiger partial charge on any atom is -0.507 e. The zero-order chi connectivity index (χ0) is 23.9. The van der Waals surface area contributed by atoms with E-state index in [4.69, 9.17) is 9.47 Å². The number of carbonyl (C=O) groups is 1. The molecule has 7 heteroatoms. The van der Waals surface area contributed by atoms with Crippen molar-refractivity contribution in [1.82, 2.24) is 15.1 Å². The lowest BCUT2D eigenvalue weighted by Crippen LogP contribution is -2.31. The van der Waals surface area contributed by atoms with Crippen molar-refractivity contribution in [3.8, 4) is 22.8 Å². The van der Waals surface area contributed by atoms with Gasteiger partial charge in [0, 0.05) is 30.9 Å². The number of carbonyl (C=O) groups excluding carboxylic acids is 1. The van der Waals surface area contributed by atoms with Gasteiger partial charge in [0.15, 0.2) is 0 Å². The summed E-state index contributed by atoms with van der Waals surface area (Å²) in [6.45, 7) is 6.58. The van der Waals surface area contributed by atoms with Crippen LogP contribution >= 0.6 is 0 Å². The van der Waals surface area contributed by atoms with E-state index >= 15 is 0 Å². The van der Waals surface area contributed by atoms with Gasteiger partial charge in [-0.1, -0.05) is 44.0 Å². The fraction of sp³-hybridized carbons (Fsp3) is 0.407. The van der Waals surface area contributed by atoms with Gasteiger partial charge in [0.25, 0.3) is 5.91 Å². The van der Waals surface area contributed by atoms with Crippen LogP contribution < -0.4 is 4.74 Å². The molecule has 0 radical (unpaired) electrons. The standard InChI is InChI=1S/C27H33N3O4/c1-3-5-8-17-34-20-12-9-11-19(18-20)26-23-24(21-13-6-7-14-22(21)31)28-29-25(23)27(32)30(26)15-10-16-33-4-2/h6-7,9,11-14,18,26,31H,3-5,8,10,15-17H2,1-2H3,(H,28,29). The van der Waals surface area contributed by atoms with Crippen molar-refractivity contribution in [2.75, 3.05) is 26.4 Å². The van der Waals surface area contributed by atoms with E-state index in [0.29, 0.717) is 43.3 Å². The zero-order valence-electron chi connectivity index (χ0n) is 19.9. The first-order valence-corrected chi connectivity index (χ1v) is 12.1. The van der Waals surface area contributed by atoms with E-state index in [9.17, 15) is 9.90 Å². The Kier molecular flexibility index (Phi) is 7.85. The number of benzene rings is 2. The van der Waals surface area contributed by atoms with Crippen molar-refractivity contribution in [3.63, 3.8) is 0 Å². The number of amides is 1. The lowest BCUT2D eigenvalue weighted by molar-refractivity contribution is 0.0710. The summed E-state index contributed by atoms with van der Waals surface area (Å²) >= 11 is 0. The number of rotatable bonds is 12. The van der Waals surface area contributed by atoms with Gasteiger partial charge >= 0.3 is 0 Å². The second-order valence-electron chi connectivity index (χ2n) is 8.46. The van der Waals surface area contributed by atoms with Gasteiger partial charge in [0.2, 0.25) is 0 Å². The van der Waals surface area contributed by atoms with Crippen LogP contribution in [-0.4, -0.2) is 52.5 Å². The topological polar surface area (TPSA) is 87.7 Å². The Hall–Kier alpha value is -3.32. The summed E-state index contributed by atoms with van der Waals surface area (Å²) in [5.74, 6) is 0.821. The van der Waals surface area contributed by atoms with Crippen LogP contribution in [0.5, 0.6) is 11.5 Å². The highest BCUT2D eigenvalue weighted by molar-refractivity contribution is 6.00. The van der Waals surface area contributed by atoms with E-state index in [0.717, 1.165) is 42.6 Å². The summed E-state index contributed by atoms with van der Waals surface area (Å²) in [7, 11) is 0. The number of phenolic OH excluding ortho intramolecular Hbond substituents is 1. The number of phenols is 1. The van der Waals surface area contributed by atoms with Gasteiger partial charge in [-0.05, 0) is 49.6 Å². The number of aromatic nitrogens is 2.